The van der Waals surface area contributed by atoms with Crippen LogP contribution in [0.25, 0.3) is 16.9 Å². The standard InChI is InChI=1S/C22H20N4O4/c1-28-16-6-4-5-14(11-16)17-8-10-21-23-20(13-26(21)25-17)24-22(27)15-7-9-18(29-2)19(12-15)30-3/h4-13H,1-3H3,(H,24,27). The molecule has 30 heavy (non-hydrogen) atoms. The van der Waals surface area contributed by atoms with E-state index < -0.39 is 0 Å². The SMILES string of the molecule is COc1cccc(-c2ccc3nc(NC(=O)c4ccc(OC)c(OC)c4)cn3n2)c1. The summed E-state index contributed by atoms with van der Waals surface area (Å²) < 4.78 is 17.4. The number of fused-ring (bicyclic) bond motifs is 1. The van der Waals surface area contributed by atoms with Crippen LogP contribution in [-0.4, -0.2) is 41.8 Å². The molecular weight excluding hydrogens is 384 g/mol. The number of rotatable bonds is 6. The van der Waals surface area contributed by atoms with Crippen LogP contribution in [0.2, 0.25) is 0 Å². The highest BCUT2D eigenvalue weighted by molar-refractivity contribution is 6.04. The molecule has 2 heterocycles. The van der Waals surface area contributed by atoms with Crippen LogP contribution in [0.3, 0.4) is 0 Å². The van der Waals surface area contributed by atoms with E-state index in [2.05, 4.69) is 15.4 Å². The van der Waals surface area contributed by atoms with Gasteiger partial charge in [0.2, 0.25) is 0 Å². The molecule has 0 spiro atoms. The van der Waals surface area contributed by atoms with Gasteiger partial charge in [-0.3, -0.25) is 4.79 Å². The summed E-state index contributed by atoms with van der Waals surface area (Å²) in [5.74, 6) is 1.86. The van der Waals surface area contributed by atoms with Gasteiger partial charge in [-0.05, 0) is 42.5 Å². The number of hydrogen-bond acceptors (Lipinski definition) is 6. The third kappa shape index (κ3) is 3.75. The van der Waals surface area contributed by atoms with Crippen LogP contribution in [-0.2, 0) is 0 Å². The van der Waals surface area contributed by atoms with E-state index in [1.54, 1.807) is 43.1 Å². The van der Waals surface area contributed by atoms with Gasteiger partial charge in [-0.15, -0.1) is 0 Å². The van der Waals surface area contributed by atoms with Crippen molar-refractivity contribution < 1.29 is 19.0 Å². The van der Waals surface area contributed by atoms with Crippen molar-refractivity contribution in [3.05, 3.63) is 66.4 Å². The summed E-state index contributed by atoms with van der Waals surface area (Å²) in [4.78, 5) is 17.0. The maximum atomic E-state index is 12.6. The Hall–Kier alpha value is -4.07. The molecule has 2 aromatic heterocycles. The molecule has 0 aliphatic rings. The molecule has 4 aromatic rings. The van der Waals surface area contributed by atoms with E-state index in [9.17, 15) is 4.79 Å². The van der Waals surface area contributed by atoms with E-state index in [-0.39, 0.29) is 5.91 Å². The smallest absolute Gasteiger partial charge is 0.256 e. The molecule has 0 fully saturated rings. The maximum absolute atomic E-state index is 12.6. The van der Waals surface area contributed by atoms with Crippen molar-refractivity contribution in [1.29, 1.82) is 0 Å². The Kier molecular flexibility index (Phi) is 5.21. The number of methoxy groups -OCH3 is 3. The first-order chi connectivity index (χ1) is 14.6. The molecule has 152 valence electrons. The minimum absolute atomic E-state index is 0.313. The number of aromatic nitrogens is 3. The van der Waals surface area contributed by atoms with E-state index in [1.807, 2.05) is 36.4 Å². The summed E-state index contributed by atoms with van der Waals surface area (Å²) in [7, 11) is 4.69. The molecule has 2 aromatic carbocycles. The van der Waals surface area contributed by atoms with Crippen molar-refractivity contribution >= 4 is 17.4 Å². The summed E-state index contributed by atoms with van der Waals surface area (Å²) in [6, 6.07) is 16.3. The molecule has 0 saturated carbocycles. The van der Waals surface area contributed by atoms with Gasteiger partial charge in [0.1, 0.15) is 5.75 Å². The van der Waals surface area contributed by atoms with Crippen molar-refractivity contribution in [2.45, 2.75) is 0 Å². The Labute approximate surface area is 173 Å². The second-order valence-corrected chi connectivity index (χ2v) is 6.40. The van der Waals surface area contributed by atoms with Gasteiger partial charge in [-0.2, -0.15) is 5.10 Å². The fourth-order valence-electron chi connectivity index (χ4n) is 3.04. The van der Waals surface area contributed by atoms with Crippen LogP contribution in [0.4, 0.5) is 5.82 Å². The van der Waals surface area contributed by atoms with E-state index in [1.165, 1.54) is 7.11 Å². The molecule has 4 rings (SSSR count). The quantitative estimate of drug-likeness (QED) is 0.528. The van der Waals surface area contributed by atoms with Gasteiger partial charge in [0.15, 0.2) is 23.0 Å². The van der Waals surface area contributed by atoms with Crippen molar-refractivity contribution in [1.82, 2.24) is 14.6 Å². The number of benzene rings is 2. The molecule has 0 unspecified atom stereocenters. The first kappa shape index (κ1) is 19.3. The van der Waals surface area contributed by atoms with Crippen molar-refractivity contribution in [3.8, 4) is 28.5 Å². The molecule has 0 saturated heterocycles. The molecule has 1 N–H and O–H groups in total. The minimum atomic E-state index is -0.313. The van der Waals surface area contributed by atoms with Gasteiger partial charge in [0, 0.05) is 11.1 Å². The zero-order chi connectivity index (χ0) is 21.1. The van der Waals surface area contributed by atoms with Gasteiger partial charge in [0.25, 0.3) is 5.91 Å². The first-order valence-corrected chi connectivity index (χ1v) is 9.15. The molecule has 8 heteroatoms. The Bertz CT molecular complexity index is 1220. The fraction of sp³-hybridized carbons (Fsp3) is 0.136. The van der Waals surface area contributed by atoms with Gasteiger partial charge in [-0.25, -0.2) is 9.50 Å². The lowest BCUT2D eigenvalue weighted by atomic mass is 10.1. The number of ether oxygens (including phenoxy) is 3. The number of nitrogens with one attached hydrogen (secondary N) is 1. The van der Waals surface area contributed by atoms with Crippen LogP contribution < -0.4 is 19.5 Å². The van der Waals surface area contributed by atoms with Crippen molar-refractivity contribution in [3.63, 3.8) is 0 Å². The number of imidazole rings is 1. The Balaban J connectivity index is 1.59. The van der Waals surface area contributed by atoms with Crippen LogP contribution in [0, 0.1) is 0 Å². The summed E-state index contributed by atoms with van der Waals surface area (Å²) in [5.41, 5.74) is 2.72. The molecular formula is C22H20N4O4. The molecule has 0 atom stereocenters. The topological polar surface area (TPSA) is 87.0 Å². The third-order valence-electron chi connectivity index (χ3n) is 4.57. The molecule has 1 amide bonds. The van der Waals surface area contributed by atoms with E-state index in [0.29, 0.717) is 28.5 Å². The molecule has 0 bridgehead atoms. The average Bonchev–Trinajstić information content (AvgIpc) is 3.19. The van der Waals surface area contributed by atoms with Crippen LogP contribution in [0.15, 0.2) is 60.8 Å². The minimum Gasteiger partial charge on any atom is -0.497 e. The fourth-order valence-corrected chi connectivity index (χ4v) is 3.04. The number of hydrogen-bond donors (Lipinski definition) is 1. The number of carbonyl (C=O) groups is 1. The first-order valence-electron chi connectivity index (χ1n) is 9.15. The lowest BCUT2D eigenvalue weighted by Gasteiger charge is -2.09. The summed E-state index contributed by atoms with van der Waals surface area (Å²) in [5, 5.41) is 7.37. The summed E-state index contributed by atoms with van der Waals surface area (Å²) in [6.45, 7) is 0. The Morgan fingerprint density at radius 1 is 0.933 bits per heavy atom. The predicted molar refractivity (Wildman–Crippen MR) is 112 cm³/mol. The largest absolute Gasteiger partial charge is 0.497 e. The number of carbonyl (C=O) groups excluding carboxylic acids is 1. The molecule has 0 aliphatic carbocycles. The number of amides is 1. The highest BCUT2D eigenvalue weighted by Crippen LogP contribution is 2.28. The van der Waals surface area contributed by atoms with E-state index in [4.69, 9.17) is 14.2 Å². The predicted octanol–water partition coefficient (Wildman–Crippen LogP) is 3.67. The zero-order valence-corrected chi connectivity index (χ0v) is 16.7. The van der Waals surface area contributed by atoms with Crippen LogP contribution in [0.5, 0.6) is 17.2 Å². The lowest BCUT2D eigenvalue weighted by Crippen LogP contribution is -2.12. The Morgan fingerprint density at radius 3 is 2.53 bits per heavy atom. The van der Waals surface area contributed by atoms with Crippen molar-refractivity contribution in [2.24, 2.45) is 0 Å². The second kappa shape index (κ2) is 8.12. The summed E-state index contributed by atoms with van der Waals surface area (Å²) in [6.07, 6.45) is 1.66. The van der Waals surface area contributed by atoms with E-state index in [0.717, 1.165) is 17.0 Å². The summed E-state index contributed by atoms with van der Waals surface area (Å²) >= 11 is 0. The zero-order valence-electron chi connectivity index (χ0n) is 16.7. The second-order valence-electron chi connectivity index (χ2n) is 6.40. The number of nitrogens with zero attached hydrogens (tertiary/aromatic N) is 3. The highest BCUT2D eigenvalue weighted by atomic mass is 16.5. The molecule has 8 nitrogen and oxygen atoms in total. The lowest BCUT2D eigenvalue weighted by molar-refractivity contribution is 0.102. The van der Waals surface area contributed by atoms with Crippen LogP contribution >= 0.6 is 0 Å². The van der Waals surface area contributed by atoms with E-state index >= 15 is 0 Å². The number of anilines is 1. The van der Waals surface area contributed by atoms with Gasteiger partial charge >= 0.3 is 0 Å². The molecule has 0 radical (unpaired) electrons. The Morgan fingerprint density at radius 2 is 1.77 bits per heavy atom. The van der Waals surface area contributed by atoms with Crippen LogP contribution in [0.1, 0.15) is 10.4 Å². The maximum Gasteiger partial charge on any atom is 0.256 e. The molecule has 0 aliphatic heterocycles. The van der Waals surface area contributed by atoms with Gasteiger partial charge < -0.3 is 19.5 Å². The average molecular weight is 404 g/mol. The highest BCUT2D eigenvalue weighted by Gasteiger charge is 2.13. The van der Waals surface area contributed by atoms with Gasteiger partial charge in [0.05, 0.1) is 33.2 Å². The monoisotopic (exact) mass is 404 g/mol. The normalized spacial score (nSPS) is 10.6. The van der Waals surface area contributed by atoms with Gasteiger partial charge in [-0.1, -0.05) is 12.1 Å². The van der Waals surface area contributed by atoms with Crippen molar-refractivity contribution in [2.75, 3.05) is 26.6 Å². The third-order valence-corrected chi connectivity index (χ3v) is 4.57.